The van der Waals surface area contributed by atoms with Crippen molar-refractivity contribution >= 4 is 17.8 Å². The van der Waals surface area contributed by atoms with Crippen LogP contribution in [0.1, 0.15) is 42.4 Å². The van der Waals surface area contributed by atoms with Gasteiger partial charge < -0.3 is 19.9 Å². The van der Waals surface area contributed by atoms with Crippen LogP contribution in [0.3, 0.4) is 0 Å². The zero-order valence-corrected chi connectivity index (χ0v) is 16.8. The van der Waals surface area contributed by atoms with E-state index in [1.807, 2.05) is 25.9 Å². The van der Waals surface area contributed by atoms with E-state index in [2.05, 4.69) is 25.2 Å². The van der Waals surface area contributed by atoms with Crippen LogP contribution in [0, 0.1) is 0 Å². The monoisotopic (exact) mass is 384 g/mol. The lowest BCUT2D eigenvalue weighted by molar-refractivity contribution is 0.0950. The lowest BCUT2D eigenvalue weighted by Gasteiger charge is -2.27. The van der Waals surface area contributed by atoms with Gasteiger partial charge in [-0.3, -0.25) is 4.79 Å². The number of carbonyl (C=O) groups is 1. The van der Waals surface area contributed by atoms with Crippen molar-refractivity contribution in [1.82, 2.24) is 20.3 Å². The van der Waals surface area contributed by atoms with Crippen LogP contribution in [-0.2, 0) is 6.54 Å². The number of anilines is 2. The van der Waals surface area contributed by atoms with Crippen LogP contribution in [0.4, 0.5) is 11.9 Å². The Balaban J connectivity index is 1.70. The SMILES string of the molecule is CCOc1ccc(C(=O)NCc2nc(N(C)C)nc(N3CCCCC3)n2)cc1. The van der Waals surface area contributed by atoms with Gasteiger partial charge in [0.1, 0.15) is 5.75 Å². The number of rotatable bonds is 7. The molecule has 150 valence electrons. The third-order valence-electron chi connectivity index (χ3n) is 4.53. The van der Waals surface area contributed by atoms with Gasteiger partial charge in [-0.15, -0.1) is 0 Å². The minimum atomic E-state index is -0.172. The largest absolute Gasteiger partial charge is 0.494 e. The molecule has 1 saturated heterocycles. The van der Waals surface area contributed by atoms with Crippen molar-refractivity contribution in [2.75, 3.05) is 43.6 Å². The van der Waals surface area contributed by atoms with Crippen LogP contribution in [-0.4, -0.2) is 54.7 Å². The van der Waals surface area contributed by atoms with E-state index < -0.39 is 0 Å². The van der Waals surface area contributed by atoms with E-state index in [1.165, 1.54) is 6.42 Å². The molecule has 0 saturated carbocycles. The first kappa shape index (κ1) is 19.9. The summed E-state index contributed by atoms with van der Waals surface area (Å²) in [7, 11) is 3.80. The summed E-state index contributed by atoms with van der Waals surface area (Å²) in [5, 5.41) is 2.89. The summed E-state index contributed by atoms with van der Waals surface area (Å²) in [5.41, 5.74) is 0.571. The van der Waals surface area contributed by atoms with Gasteiger partial charge in [-0.05, 0) is 50.5 Å². The zero-order valence-electron chi connectivity index (χ0n) is 16.8. The van der Waals surface area contributed by atoms with E-state index in [4.69, 9.17) is 4.74 Å². The molecule has 0 atom stereocenters. The molecule has 1 aliphatic heterocycles. The Hall–Kier alpha value is -2.90. The van der Waals surface area contributed by atoms with Gasteiger partial charge in [0.15, 0.2) is 5.82 Å². The van der Waals surface area contributed by atoms with Crippen LogP contribution >= 0.6 is 0 Å². The Morgan fingerprint density at radius 1 is 1.11 bits per heavy atom. The molecule has 1 aromatic carbocycles. The fourth-order valence-corrected chi connectivity index (χ4v) is 3.04. The summed E-state index contributed by atoms with van der Waals surface area (Å²) < 4.78 is 5.41. The molecule has 8 heteroatoms. The molecule has 3 rings (SSSR count). The first-order valence-corrected chi connectivity index (χ1v) is 9.75. The molecular weight excluding hydrogens is 356 g/mol. The van der Waals surface area contributed by atoms with Crippen molar-refractivity contribution < 1.29 is 9.53 Å². The highest BCUT2D eigenvalue weighted by Gasteiger charge is 2.17. The fraction of sp³-hybridized carbons (Fsp3) is 0.500. The molecule has 0 aliphatic carbocycles. The third-order valence-corrected chi connectivity index (χ3v) is 4.53. The van der Waals surface area contributed by atoms with Gasteiger partial charge in [-0.25, -0.2) is 0 Å². The highest BCUT2D eigenvalue weighted by molar-refractivity contribution is 5.94. The van der Waals surface area contributed by atoms with Gasteiger partial charge in [-0.1, -0.05) is 0 Å². The van der Waals surface area contributed by atoms with Crippen LogP contribution in [0.5, 0.6) is 5.75 Å². The normalized spacial score (nSPS) is 13.9. The van der Waals surface area contributed by atoms with E-state index >= 15 is 0 Å². The number of hydrogen-bond acceptors (Lipinski definition) is 7. The molecule has 1 aromatic heterocycles. The van der Waals surface area contributed by atoms with Crippen LogP contribution in [0.2, 0.25) is 0 Å². The minimum Gasteiger partial charge on any atom is -0.494 e. The van der Waals surface area contributed by atoms with E-state index in [9.17, 15) is 4.79 Å². The second kappa shape index (κ2) is 9.34. The van der Waals surface area contributed by atoms with E-state index in [0.29, 0.717) is 29.9 Å². The van der Waals surface area contributed by atoms with E-state index in [-0.39, 0.29) is 12.5 Å². The molecule has 28 heavy (non-hydrogen) atoms. The Kier molecular flexibility index (Phi) is 6.62. The maximum atomic E-state index is 12.4. The third kappa shape index (κ3) is 5.09. The lowest BCUT2D eigenvalue weighted by Crippen LogP contribution is -2.32. The highest BCUT2D eigenvalue weighted by Crippen LogP contribution is 2.18. The number of nitrogens with one attached hydrogen (secondary N) is 1. The average molecular weight is 384 g/mol. The maximum Gasteiger partial charge on any atom is 0.251 e. The molecule has 2 aromatic rings. The molecule has 1 N–H and O–H groups in total. The Morgan fingerprint density at radius 3 is 2.46 bits per heavy atom. The summed E-state index contributed by atoms with van der Waals surface area (Å²) >= 11 is 0. The topological polar surface area (TPSA) is 83.5 Å². The lowest BCUT2D eigenvalue weighted by atomic mass is 10.1. The molecule has 1 aliphatic rings. The van der Waals surface area contributed by atoms with Crippen LogP contribution in [0.15, 0.2) is 24.3 Å². The Morgan fingerprint density at radius 2 is 1.82 bits per heavy atom. The minimum absolute atomic E-state index is 0.172. The number of ether oxygens (including phenoxy) is 1. The molecule has 0 unspecified atom stereocenters. The summed E-state index contributed by atoms with van der Waals surface area (Å²) in [5.74, 6) is 2.41. The predicted molar refractivity (Wildman–Crippen MR) is 109 cm³/mol. The smallest absolute Gasteiger partial charge is 0.251 e. The molecule has 1 amide bonds. The molecule has 0 radical (unpaired) electrons. The second-order valence-corrected chi connectivity index (χ2v) is 6.93. The van der Waals surface area contributed by atoms with Crippen molar-refractivity contribution in [2.24, 2.45) is 0 Å². The molecular formula is C20H28N6O2. The molecule has 8 nitrogen and oxygen atoms in total. The quantitative estimate of drug-likeness (QED) is 0.784. The number of benzene rings is 1. The van der Waals surface area contributed by atoms with Gasteiger partial charge in [0.05, 0.1) is 13.2 Å². The van der Waals surface area contributed by atoms with Crippen molar-refractivity contribution in [2.45, 2.75) is 32.7 Å². The Bertz CT molecular complexity index is 788. The van der Waals surface area contributed by atoms with Crippen molar-refractivity contribution in [1.29, 1.82) is 0 Å². The zero-order chi connectivity index (χ0) is 19.9. The van der Waals surface area contributed by atoms with Gasteiger partial charge in [0, 0.05) is 32.7 Å². The highest BCUT2D eigenvalue weighted by atomic mass is 16.5. The van der Waals surface area contributed by atoms with Gasteiger partial charge >= 0.3 is 0 Å². The van der Waals surface area contributed by atoms with Gasteiger partial charge in [-0.2, -0.15) is 15.0 Å². The molecule has 1 fully saturated rings. The molecule has 0 bridgehead atoms. The number of nitrogens with zero attached hydrogens (tertiary/aromatic N) is 5. The van der Waals surface area contributed by atoms with Crippen LogP contribution in [0.25, 0.3) is 0 Å². The van der Waals surface area contributed by atoms with Crippen LogP contribution < -0.4 is 19.9 Å². The number of piperidine rings is 1. The van der Waals surface area contributed by atoms with Crippen molar-refractivity contribution in [3.05, 3.63) is 35.7 Å². The summed E-state index contributed by atoms with van der Waals surface area (Å²) in [6, 6.07) is 7.08. The standard InChI is InChI=1S/C20H28N6O2/c1-4-28-16-10-8-15(9-11-16)18(27)21-14-17-22-19(25(2)3)24-20(23-17)26-12-6-5-7-13-26/h8-11H,4-7,12-14H2,1-3H3,(H,21,27). The number of amides is 1. The molecule has 0 spiro atoms. The summed E-state index contributed by atoms with van der Waals surface area (Å²) in [4.78, 5) is 30.1. The molecule has 2 heterocycles. The number of carbonyl (C=O) groups excluding carboxylic acids is 1. The predicted octanol–water partition coefficient (Wildman–Crippen LogP) is 2.26. The second-order valence-electron chi connectivity index (χ2n) is 6.93. The van der Waals surface area contributed by atoms with E-state index in [1.54, 1.807) is 24.3 Å². The number of hydrogen-bond donors (Lipinski definition) is 1. The first-order chi connectivity index (χ1) is 13.6. The first-order valence-electron chi connectivity index (χ1n) is 9.75. The van der Waals surface area contributed by atoms with Gasteiger partial charge in [0.25, 0.3) is 5.91 Å². The van der Waals surface area contributed by atoms with Crippen molar-refractivity contribution in [3.8, 4) is 5.75 Å². The maximum absolute atomic E-state index is 12.4. The summed E-state index contributed by atoms with van der Waals surface area (Å²) in [6.07, 6.45) is 3.53. The Labute approximate surface area is 166 Å². The number of aromatic nitrogens is 3. The average Bonchev–Trinajstić information content (AvgIpc) is 2.73. The van der Waals surface area contributed by atoms with Gasteiger partial charge in [0.2, 0.25) is 11.9 Å². The summed E-state index contributed by atoms with van der Waals surface area (Å²) in [6.45, 7) is 4.67. The van der Waals surface area contributed by atoms with Crippen molar-refractivity contribution in [3.63, 3.8) is 0 Å². The van der Waals surface area contributed by atoms with E-state index in [0.717, 1.165) is 31.7 Å². The fourth-order valence-electron chi connectivity index (χ4n) is 3.04.